The van der Waals surface area contributed by atoms with Gasteiger partial charge in [-0.15, -0.1) is 0 Å². The van der Waals surface area contributed by atoms with Gasteiger partial charge in [-0.05, 0) is 43.5 Å². The summed E-state index contributed by atoms with van der Waals surface area (Å²) in [5.41, 5.74) is 3.34. The Balaban J connectivity index is 1.58. The minimum Gasteiger partial charge on any atom is -0.376 e. The first-order valence-electron chi connectivity index (χ1n) is 8.70. The van der Waals surface area contributed by atoms with Crippen LogP contribution in [-0.2, 0) is 4.74 Å². The zero-order valence-electron chi connectivity index (χ0n) is 14.6. The van der Waals surface area contributed by atoms with E-state index >= 15 is 0 Å². The molecular formula is C18H27N3O2S. The fourth-order valence-electron chi connectivity index (χ4n) is 3.29. The number of likely N-dealkylation sites (N-methyl/N-ethyl adjacent to an activating group) is 1. The van der Waals surface area contributed by atoms with Crippen molar-refractivity contribution in [2.45, 2.75) is 25.9 Å². The molecule has 2 heterocycles. The van der Waals surface area contributed by atoms with Crippen LogP contribution in [0.3, 0.4) is 0 Å². The molecule has 132 valence electrons. The topological polar surface area (TPSA) is 44.8 Å². The fraction of sp³-hybridized carbons (Fsp3) is 0.611. The van der Waals surface area contributed by atoms with E-state index in [0.717, 1.165) is 38.2 Å². The van der Waals surface area contributed by atoms with Gasteiger partial charge < -0.3 is 19.9 Å². The summed E-state index contributed by atoms with van der Waals surface area (Å²) in [5, 5.41) is 3.00. The van der Waals surface area contributed by atoms with Crippen LogP contribution in [0.5, 0.6) is 0 Å². The van der Waals surface area contributed by atoms with Crippen LogP contribution in [0.4, 0.5) is 16.2 Å². The molecule has 3 rings (SSSR count). The molecule has 0 bridgehead atoms. The number of nitrogens with one attached hydrogen (secondary N) is 1. The second-order valence-electron chi connectivity index (χ2n) is 6.55. The molecule has 0 saturated carbocycles. The number of benzene rings is 1. The largest absolute Gasteiger partial charge is 0.376 e. The molecular weight excluding hydrogens is 322 g/mol. The highest BCUT2D eigenvalue weighted by atomic mass is 32.2. The maximum atomic E-state index is 12.3. The number of rotatable bonds is 4. The minimum atomic E-state index is -0.0768. The van der Waals surface area contributed by atoms with Crippen LogP contribution in [0.1, 0.15) is 18.4 Å². The van der Waals surface area contributed by atoms with E-state index in [0.29, 0.717) is 6.54 Å². The Labute approximate surface area is 148 Å². The predicted octanol–water partition coefficient (Wildman–Crippen LogP) is 3.19. The second-order valence-corrected chi connectivity index (χ2v) is 7.77. The van der Waals surface area contributed by atoms with E-state index in [1.165, 1.54) is 22.8 Å². The van der Waals surface area contributed by atoms with Crippen molar-refractivity contribution in [3.05, 3.63) is 23.8 Å². The number of nitrogens with zero attached hydrogens (tertiary/aromatic N) is 2. The van der Waals surface area contributed by atoms with Gasteiger partial charge in [0.2, 0.25) is 0 Å². The summed E-state index contributed by atoms with van der Waals surface area (Å²) < 4.78 is 5.60. The molecule has 1 aromatic carbocycles. The highest BCUT2D eigenvalue weighted by molar-refractivity contribution is 7.99. The van der Waals surface area contributed by atoms with Crippen molar-refractivity contribution >= 4 is 29.2 Å². The number of thioether (sulfide) groups is 1. The monoisotopic (exact) mass is 349 g/mol. The number of urea groups is 1. The van der Waals surface area contributed by atoms with Crippen molar-refractivity contribution in [3.63, 3.8) is 0 Å². The van der Waals surface area contributed by atoms with Gasteiger partial charge in [0, 0.05) is 56.2 Å². The summed E-state index contributed by atoms with van der Waals surface area (Å²) in [6, 6.07) is 6.12. The number of carbonyl (C=O) groups is 1. The van der Waals surface area contributed by atoms with Gasteiger partial charge in [-0.2, -0.15) is 11.8 Å². The first-order valence-corrected chi connectivity index (χ1v) is 9.86. The molecule has 2 saturated heterocycles. The van der Waals surface area contributed by atoms with Crippen molar-refractivity contribution < 1.29 is 9.53 Å². The van der Waals surface area contributed by atoms with Crippen molar-refractivity contribution in [3.8, 4) is 0 Å². The van der Waals surface area contributed by atoms with E-state index in [1.807, 2.05) is 24.9 Å². The van der Waals surface area contributed by atoms with Crippen molar-refractivity contribution in [1.82, 2.24) is 4.90 Å². The molecule has 0 spiro atoms. The molecule has 1 unspecified atom stereocenters. The third-order valence-electron chi connectivity index (χ3n) is 4.65. The number of aryl methyl sites for hydroxylation is 1. The van der Waals surface area contributed by atoms with Gasteiger partial charge in [-0.25, -0.2) is 4.79 Å². The first-order chi connectivity index (χ1) is 11.6. The third kappa shape index (κ3) is 4.36. The summed E-state index contributed by atoms with van der Waals surface area (Å²) in [5.74, 6) is 2.37. The summed E-state index contributed by atoms with van der Waals surface area (Å²) in [6.45, 7) is 5.77. The number of hydrogen-bond donors (Lipinski definition) is 1. The average Bonchev–Trinajstić information content (AvgIpc) is 3.08. The Kier molecular flexibility index (Phi) is 5.89. The van der Waals surface area contributed by atoms with Gasteiger partial charge in [0.05, 0.1) is 6.10 Å². The zero-order valence-corrected chi connectivity index (χ0v) is 15.4. The lowest BCUT2D eigenvalue weighted by Crippen LogP contribution is -2.37. The van der Waals surface area contributed by atoms with Gasteiger partial charge in [0.15, 0.2) is 0 Å². The molecule has 6 heteroatoms. The molecule has 1 aromatic rings. The van der Waals surface area contributed by atoms with Crippen molar-refractivity contribution in [1.29, 1.82) is 0 Å². The first kappa shape index (κ1) is 17.4. The number of ether oxygens (including phenoxy) is 1. The molecule has 0 radical (unpaired) electrons. The molecule has 2 fully saturated rings. The maximum absolute atomic E-state index is 12.3. The number of carbonyl (C=O) groups excluding carboxylic acids is 1. The van der Waals surface area contributed by atoms with E-state index in [-0.39, 0.29) is 12.1 Å². The van der Waals surface area contributed by atoms with E-state index in [2.05, 4.69) is 29.3 Å². The Bertz CT molecular complexity index is 569. The maximum Gasteiger partial charge on any atom is 0.321 e. The predicted molar refractivity (Wildman–Crippen MR) is 101 cm³/mol. The average molecular weight is 350 g/mol. The highest BCUT2D eigenvalue weighted by Gasteiger charge is 2.20. The van der Waals surface area contributed by atoms with Crippen molar-refractivity contribution in [2.75, 3.05) is 55.0 Å². The summed E-state index contributed by atoms with van der Waals surface area (Å²) >= 11 is 2.01. The standard InChI is InChI=1S/C18H27N3O2S/c1-14-12-15(5-6-17(14)21-7-10-24-11-8-21)19-18(22)20(2)13-16-4-3-9-23-16/h5-6,12,16H,3-4,7-11,13H2,1-2H3,(H,19,22). The van der Waals surface area contributed by atoms with Crippen molar-refractivity contribution in [2.24, 2.45) is 0 Å². The fourth-order valence-corrected chi connectivity index (χ4v) is 4.19. The lowest BCUT2D eigenvalue weighted by atomic mass is 10.1. The van der Waals surface area contributed by atoms with Crippen LogP contribution in [0.25, 0.3) is 0 Å². The highest BCUT2D eigenvalue weighted by Crippen LogP contribution is 2.26. The Morgan fingerprint density at radius 2 is 2.21 bits per heavy atom. The lowest BCUT2D eigenvalue weighted by molar-refractivity contribution is 0.0894. The van der Waals surface area contributed by atoms with Gasteiger partial charge in [-0.1, -0.05) is 0 Å². The van der Waals surface area contributed by atoms with Gasteiger partial charge in [-0.3, -0.25) is 0 Å². The van der Waals surface area contributed by atoms with Gasteiger partial charge in [0.1, 0.15) is 0 Å². The van der Waals surface area contributed by atoms with Gasteiger partial charge >= 0.3 is 6.03 Å². The molecule has 5 nitrogen and oxygen atoms in total. The van der Waals surface area contributed by atoms with E-state index < -0.39 is 0 Å². The molecule has 2 aliphatic rings. The van der Waals surface area contributed by atoms with Crippen LogP contribution in [0, 0.1) is 6.92 Å². The molecule has 1 atom stereocenters. The molecule has 2 amide bonds. The van der Waals surface area contributed by atoms with Crippen LogP contribution >= 0.6 is 11.8 Å². The van der Waals surface area contributed by atoms with Gasteiger partial charge in [0.25, 0.3) is 0 Å². The number of hydrogen-bond acceptors (Lipinski definition) is 4. The molecule has 1 N–H and O–H groups in total. The Hall–Kier alpha value is -1.40. The minimum absolute atomic E-state index is 0.0768. The molecule has 0 aliphatic carbocycles. The SMILES string of the molecule is Cc1cc(NC(=O)N(C)CC2CCCO2)ccc1N1CCSCC1. The van der Waals surface area contributed by atoms with E-state index in [4.69, 9.17) is 4.74 Å². The van der Waals surface area contributed by atoms with E-state index in [1.54, 1.807) is 4.90 Å². The third-order valence-corrected chi connectivity index (χ3v) is 5.59. The van der Waals surface area contributed by atoms with E-state index in [9.17, 15) is 4.79 Å². The lowest BCUT2D eigenvalue weighted by Gasteiger charge is -2.30. The number of anilines is 2. The molecule has 0 aromatic heterocycles. The Morgan fingerprint density at radius 1 is 1.42 bits per heavy atom. The van der Waals surface area contributed by atoms with Crippen LogP contribution in [0.2, 0.25) is 0 Å². The van der Waals surface area contributed by atoms with Crippen LogP contribution in [0.15, 0.2) is 18.2 Å². The van der Waals surface area contributed by atoms with Crippen LogP contribution < -0.4 is 10.2 Å². The summed E-state index contributed by atoms with van der Waals surface area (Å²) in [4.78, 5) is 16.5. The van der Waals surface area contributed by atoms with Crippen LogP contribution in [-0.4, -0.2) is 61.8 Å². The molecule has 24 heavy (non-hydrogen) atoms. The zero-order chi connectivity index (χ0) is 16.9. The summed E-state index contributed by atoms with van der Waals surface area (Å²) in [7, 11) is 1.82. The quantitative estimate of drug-likeness (QED) is 0.907. The number of amides is 2. The normalized spacial score (nSPS) is 20.9. The second kappa shape index (κ2) is 8.12. The Morgan fingerprint density at radius 3 is 2.88 bits per heavy atom. The smallest absolute Gasteiger partial charge is 0.321 e. The summed E-state index contributed by atoms with van der Waals surface area (Å²) in [6.07, 6.45) is 2.32. The molecule has 2 aliphatic heterocycles.